The Morgan fingerprint density at radius 1 is 0.933 bits per heavy atom. The Morgan fingerprint density at radius 3 is 2.00 bits per heavy atom. The first-order chi connectivity index (χ1) is 14.0. The molecule has 1 aromatic rings. The predicted molar refractivity (Wildman–Crippen MR) is 128 cm³/mol. The molecule has 0 aromatic heterocycles. The van der Waals surface area contributed by atoms with E-state index < -0.39 is 10.1 Å². The van der Waals surface area contributed by atoms with Crippen LogP contribution in [-0.2, 0) is 10.1 Å². The van der Waals surface area contributed by atoms with E-state index in [2.05, 4.69) is 40.1 Å². The molecule has 2 N–H and O–H groups in total. The van der Waals surface area contributed by atoms with Crippen molar-refractivity contribution in [3.8, 4) is 0 Å². The molecule has 30 heavy (non-hydrogen) atoms. The minimum Gasteiger partial charge on any atom is -0.317 e. The molecule has 1 fully saturated rings. The van der Waals surface area contributed by atoms with Gasteiger partial charge >= 0.3 is 0 Å². The maximum atomic E-state index is 11.5. The molecule has 0 aliphatic heterocycles. The van der Waals surface area contributed by atoms with Crippen LogP contribution in [-0.4, -0.2) is 26.1 Å². The minimum atomic E-state index is -4.15. The van der Waals surface area contributed by atoms with Gasteiger partial charge in [-0.05, 0) is 74.5 Å². The fraction of sp³-hybridized carbons (Fsp3) is 0.760. The summed E-state index contributed by atoms with van der Waals surface area (Å²) in [6.45, 7) is 11.0. The van der Waals surface area contributed by atoms with Crippen LogP contribution in [0.1, 0.15) is 97.5 Å². The molecule has 4 nitrogen and oxygen atoms in total. The van der Waals surface area contributed by atoms with Gasteiger partial charge in [-0.2, -0.15) is 8.42 Å². The van der Waals surface area contributed by atoms with Gasteiger partial charge in [0.05, 0.1) is 4.90 Å². The Kier molecular flexibility index (Phi) is 12.2. The van der Waals surface area contributed by atoms with Crippen LogP contribution in [0.5, 0.6) is 0 Å². The molecule has 0 heterocycles. The summed E-state index contributed by atoms with van der Waals surface area (Å²) < 4.78 is 32.4. The lowest BCUT2D eigenvalue weighted by Crippen LogP contribution is -2.26. The molecular weight excluding hydrogens is 394 g/mol. The average molecular weight is 440 g/mol. The fourth-order valence-electron chi connectivity index (χ4n) is 4.93. The number of hydrogen-bond donors (Lipinski definition) is 2. The molecule has 0 radical (unpaired) electrons. The molecule has 3 unspecified atom stereocenters. The summed E-state index contributed by atoms with van der Waals surface area (Å²) in [5.74, 6) is 2.02. The second kappa shape index (κ2) is 13.5. The van der Waals surface area contributed by atoms with Gasteiger partial charge in [-0.15, -0.1) is 0 Å². The Morgan fingerprint density at radius 2 is 1.50 bits per heavy atom. The summed E-state index contributed by atoms with van der Waals surface area (Å²) in [5, 5.41) is 3.30. The summed E-state index contributed by atoms with van der Waals surface area (Å²) in [5.41, 5.74) is 0.716. The number of rotatable bonds is 9. The zero-order chi connectivity index (χ0) is 22.7. The number of nitrogens with one attached hydrogen (secondary N) is 1. The summed E-state index contributed by atoms with van der Waals surface area (Å²) in [4.78, 5) is 0.0462. The summed E-state index contributed by atoms with van der Waals surface area (Å²) in [6, 6.07) is 7.59. The van der Waals surface area contributed by atoms with E-state index in [1.54, 1.807) is 12.1 Å². The number of benzene rings is 1. The SMILES string of the molecule is CC(C)CC(C)CC(C)CC(C)c1ccccc1S(=O)(=O)O.CNC1CCCCC1. The minimum absolute atomic E-state index is 0.0462. The molecule has 5 heteroatoms. The first-order valence-corrected chi connectivity index (χ1v) is 13.2. The van der Waals surface area contributed by atoms with E-state index >= 15 is 0 Å². The van der Waals surface area contributed by atoms with E-state index in [0.717, 1.165) is 18.9 Å². The number of hydrogen-bond acceptors (Lipinski definition) is 3. The van der Waals surface area contributed by atoms with Gasteiger partial charge in [-0.3, -0.25) is 4.55 Å². The maximum absolute atomic E-state index is 11.5. The molecule has 1 aliphatic rings. The van der Waals surface area contributed by atoms with Crippen molar-refractivity contribution in [2.24, 2.45) is 17.8 Å². The Hall–Kier alpha value is -0.910. The standard InChI is InChI=1S/C18H30O3S.C7H15N/c1-13(2)10-14(3)11-15(4)12-16(5)17-8-6-7-9-18(17)22(19,20)21;1-8-7-5-3-2-4-6-7/h6-9,13-16H,10-12H2,1-5H3,(H,19,20,21);7-8H,2-6H2,1H3. The lowest BCUT2D eigenvalue weighted by atomic mass is 9.84. The van der Waals surface area contributed by atoms with Crippen molar-refractivity contribution in [3.05, 3.63) is 29.8 Å². The third kappa shape index (κ3) is 10.4. The van der Waals surface area contributed by atoms with Crippen molar-refractivity contribution >= 4 is 10.1 Å². The third-order valence-corrected chi connectivity index (χ3v) is 7.10. The van der Waals surface area contributed by atoms with Crippen molar-refractivity contribution in [1.29, 1.82) is 0 Å². The fourth-order valence-corrected chi connectivity index (χ4v) is 5.75. The highest BCUT2D eigenvalue weighted by atomic mass is 32.2. The van der Waals surface area contributed by atoms with Crippen molar-refractivity contribution in [2.75, 3.05) is 7.05 Å². The summed E-state index contributed by atoms with van der Waals surface area (Å²) in [7, 11) is -2.09. The van der Waals surface area contributed by atoms with E-state index in [1.165, 1.54) is 44.6 Å². The molecule has 0 amide bonds. The van der Waals surface area contributed by atoms with Gasteiger partial charge < -0.3 is 5.32 Å². The molecule has 1 saturated carbocycles. The average Bonchev–Trinajstić information content (AvgIpc) is 2.67. The van der Waals surface area contributed by atoms with Gasteiger partial charge in [0.2, 0.25) is 0 Å². The highest BCUT2D eigenvalue weighted by Gasteiger charge is 2.21. The molecule has 0 spiro atoms. The Balaban J connectivity index is 0.000000467. The van der Waals surface area contributed by atoms with Gasteiger partial charge in [-0.1, -0.05) is 72.1 Å². The largest absolute Gasteiger partial charge is 0.317 e. The lowest BCUT2D eigenvalue weighted by Gasteiger charge is -2.23. The van der Waals surface area contributed by atoms with Gasteiger partial charge in [0.1, 0.15) is 0 Å². The third-order valence-electron chi connectivity index (χ3n) is 6.18. The van der Waals surface area contributed by atoms with Crippen LogP contribution in [0.25, 0.3) is 0 Å². The quantitative estimate of drug-likeness (QED) is 0.421. The smallest absolute Gasteiger partial charge is 0.294 e. The summed E-state index contributed by atoms with van der Waals surface area (Å²) >= 11 is 0. The first kappa shape index (κ1) is 27.1. The van der Waals surface area contributed by atoms with Gasteiger partial charge in [0.15, 0.2) is 0 Å². The topological polar surface area (TPSA) is 66.4 Å². The van der Waals surface area contributed by atoms with E-state index in [9.17, 15) is 13.0 Å². The van der Waals surface area contributed by atoms with E-state index in [4.69, 9.17) is 0 Å². The van der Waals surface area contributed by atoms with Gasteiger partial charge in [0.25, 0.3) is 10.1 Å². The molecule has 3 atom stereocenters. The molecule has 0 saturated heterocycles. The van der Waals surface area contributed by atoms with Gasteiger partial charge in [0, 0.05) is 6.04 Å². The molecule has 1 aromatic carbocycles. The van der Waals surface area contributed by atoms with Crippen LogP contribution in [0.4, 0.5) is 0 Å². The van der Waals surface area contributed by atoms with Crippen LogP contribution in [0.15, 0.2) is 29.2 Å². The summed E-state index contributed by atoms with van der Waals surface area (Å²) in [6.07, 6.45) is 10.4. The predicted octanol–water partition coefficient (Wildman–Crippen LogP) is 6.67. The lowest BCUT2D eigenvalue weighted by molar-refractivity contribution is 0.332. The first-order valence-electron chi connectivity index (χ1n) is 11.8. The normalized spacial score (nSPS) is 18.4. The van der Waals surface area contributed by atoms with Crippen LogP contribution in [0, 0.1) is 17.8 Å². The maximum Gasteiger partial charge on any atom is 0.294 e. The second-order valence-electron chi connectivity index (χ2n) is 9.85. The van der Waals surface area contributed by atoms with Crippen LogP contribution < -0.4 is 5.32 Å². The molecule has 1 aliphatic carbocycles. The highest BCUT2D eigenvalue weighted by Crippen LogP contribution is 2.31. The van der Waals surface area contributed by atoms with E-state index in [0.29, 0.717) is 23.3 Å². The van der Waals surface area contributed by atoms with Crippen molar-refractivity contribution < 1.29 is 13.0 Å². The van der Waals surface area contributed by atoms with Gasteiger partial charge in [-0.25, -0.2) is 0 Å². The Labute approximate surface area is 186 Å². The second-order valence-corrected chi connectivity index (χ2v) is 11.2. The van der Waals surface area contributed by atoms with Crippen LogP contribution in [0.2, 0.25) is 0 Å². The van der Waals surface area contributed by atoms with E-state index in [1.807, 2.05) is 13.0 Å². The van der Waals surface area contributed by atoms with Crippen molar-refractivity contribution in [1.82, 2.24) is 5.32 Å². The monoisotopic (exact) mass is 439 g/mol. The zero-order valence-electron chi connectivity index (χ0n) is 20.0. The van der Waals surface area contributed by atoms with Crippen molar-refractivity contribution in [2.45, 2.75) is 103 Å². The molecular formula is C25H45NO3S. The molecule has 174 valence electrons. The highest BCUT2D eigenvalue weighted by molar-refractivity contribution is 7.85. The zero-order valence-corrected chi connectivity index (χ0v) is 20.8. The van der Waals surface area contributed by atoms with Crippen LogP contribution >= 0.6 is 0 Å². The van der Waals surface area contributed by atoms with Crippen LogP contribution in [0.3, 0.4) is 0 Å². The molecule has 0 bridgehead atoms. The Bertz CT molecular complexity index is 696. The van der Waals surface area contributed by atoms with Crippen molar-refractivity contribution in [3.63, 3.8) is 0 Å². The molecule has 2 rings (SSSR count). The van der Waals surface area contributed by atoms with E-state index in [-0.39, 0.29) is 10.8 Å².